The van der Waals surface area contributed by atoms with E-state index < -0.39 is 6.10 Å². The molecule has 20 heavy (non-hydrogen) atoms. The highest BCUT2D eigenvalue weighted by molar-refractivity contribution is 5.41. The maximum atomic E-state index is 9.88. The van der Waals surface area contributed by atoms with E-state index in [1.807, 2.05) is 43.4 Å². The van der Waals surface area contributed by atoms with Gasteiger partial charge in [-0.25, -0.2) is 0 Å². The van der Waals surface area contributed by atoms with Gasteiger partial charge in [0.05, 0.1) is 6.10 Å². The number of benzene rings is 2. The second-order valence-electron chi connectivity index (χ2n) is 4.94. The van der Waals surface area contributed by atoms with Crippen LogP contribution in [0.1, 0.15) is 22.8 Å². The monoisotopic (exact) mass is 271 g/mol. The van der Waals surface area contributed by atoms with Crippen molar-refractivity contribution in [1.29, 1.82) is 0 Å². The molecule has 2 aromatic carbocycles. The minimum Gasteiger partial charge on any atom is -0.457 e. The molecular formula is C17H21NO2. The number of likely N-dealkylation sites (N-methyl/N-ethyl adjacent to an activating group) is 1. The summed E-state index contributed by atoms with van der Waals surface area (Å²) in [5.74, 6) is 1.65. The van der Waals surface area contributed by atoms with Crippen LogP contribution in [0, 0.1) is 13.8 Å². The van der Waals surface area contributed by atoms with Crippen LogP contribution in [-0.2, 0) is 0 Å². The molecule has 106 valence electrons. The summed E-state index contributed by atoms with van der Waals surface area (Å²) in [6.07, 6.45) is -0.491. The van der Waals surface area contributed by atoms with E-state index in [0.29, 0.717) is 6.54 Å². The van der Waals surface area contributed by atoms with Gasteiger partial charge in [-0.05, 0) is 55.8 Å². The maximum absolute atomic E-state index is 9.88. The molecule has 1 atom stereocenters. The largest absolute Gasteiger partial charge is 0.457 e. The average Bonchev–Trinajstić information content (AvgIpc) is 2.45. The van der Waals surface area contributed by atoms with Crippen LogP contribution in [0.25, 0.3) is 0 Å². The molecule has 0 aliphatic carbocycles. The minimum absolute atomic E-state index is 0.491. The molecule has 0 spiro atoms. The fourth-order valence-corrected chi connectivity index (χ4v) is 2.03. The molecule has 0 aliphatic heterocycles. The Labute approximate surface area is 120 Å². The van der Waals surface area contributed by atoms with E-state index in [1.54, 1.807) is 0 Å². The zero-order valence-corrected chi connectivity index (χ0v) is 12.2. The standard InChI is InChI=1S/C17H21NO2/c1-12-5-4-6-17(13(12)2)20-15-9-7-14(8-10-15)16(19)11-18-3/h4-10,16,18-19H,11H2,1-3H3. The summed E-state index contributed by atoms with van der Waals surface area (Å²) in [7, 11) is 1.82. The fraction of sp³-hybridized carbons (Fsp3) is 0.294. The highest BCUT2D eigenvalue weighted by Crippen LogP contribution is 2.27. The second-order valence-corrected chi connectivity index (χ2v) is 4.94. The van der Waals surface area contributed by atoms with Gasteiger partial charge in [-0.15, -0.1) is 0 Å². The summed E-state index contributed by atoms with van der Waals surface area (Å²) in [6.45, 7) is 4.66. The van der Waals surface area contributed by atoms with Crippen molar-refractivity contribution < 1.29 is 9.84 Å². The normalized spacial score (nSPS) is 12.2. The first-order chi connectivity index (χ1) is 9.61. The molecule has 0 bridgehead atoms. The molecule has 0 fully saturated rings. The number of hydrogen-bond donors (Lipinski definition) is 2. The lowest BCUT2D eigenvalue weighted by atomic mass is 10.1. The summed E-state index contributed by atoms with van der Waals surface area (Å²) in [6, 6.07) is 13.6. The third-order valence-corrected chi connectivity index (χ3v) is 3.45. The third kappa shape index (κ3) is 3.38. The first-order valence-electron chi connectivity index (χ1n) is 6.78. The number of ether oxygens (including phenoxy) is 1. The minimum atomic E-state index is -0.491. The molecule has 3 nitrogen and oxygen atoms in total. The van der Waals surface area contributed by atoms with Gasteiger partial charge in [0.1, 0.15) is 11.5 Å². The van der Waals surface area contributed by atoms with E-state index in [-0.39, 0.29) is 0 Å². The van der Waals surface area contributed by atoms with Crippen molar-refractivity contribution in [2.45, 2.75) is 20.0 Å². The first-order valence-corrected chi connectivity index (χ1v) is 6.78. The van der Waals surface area contributed by atoms with Crippen LogP contribution in [0.4, 0.5) is 0 Å². The van der Waals surface area contributed by atoms with Gasteiger partial charge in [0.2, 0.25) is 0 Å². The van der Waals surface area contributed by atoms with E-state index >= 15 is 0 Å². The smallest absolute Gasteiger partial charge is 0.130 e. The number of aliphatic hydroxyl groups excluding tert-OH is 1. The highest BCUT2D eigenvalue weighted by atomic mass is 16.5. The van der Waals surface area contributed by atoms with Crippen molar-refractivity contribution in [1.82, 2.24) is 5.32 Å². The lowest BCUT2D eigenvalue weighted by molar-refractivity contribution is 0.177. The number of nitrogens with one attached hydrogen (secondary N) is 1. The van der Waals surface area contributed by atoms with Crippen molar-refractivity contribution in [3.8, 4) is 11.5 Å². The molecule has 0 amide bonds. The Morgan fingerprint density at radius 3 is 2.45 bits per heavy atom. The Morgan fingerprint density at radius 1 is 1.10 bits per heavy atom. The quantitative estimate of drug-likeness (QED) is 0.876. The molecule has 0 radical (unpaired) electrons. The Morgan fingerprint density at radius 2 is 1.80 bits per heavy atom. The summed E-state index contributed by atoms with van der Waals surface area (Å²) in [5.41, 5.74) is 3.24. The summed E-state index contributed by atoms with van der Waals surface area (Å²) in [4.78, 5) is 0. The maximum Gasteiger partial charge on any atom is 0.130 e. The van der Waals surface area contributed by atoms with Gasteiger partial charge in [0.25, 0.3) is 0 Å². The predicted molar refractivity (Wildman–Crippen MR) is 81.3 cm³/mol. The molecule has 3 heteroatoms. The van der Waals surface area contributed by atoms with Gasteiger partial charge < -0.3 is 15.2 Å². The summed E-state index contributed by atoms with van der Waals surface area (Å²) < 4.78 is 5.89. The molecule has 2 aromatic rings. The molecular weight excluding hydrogens is 250 g/mol. The molecule has 2 N–H and O–H groups in total. The van der Waals surface area contributed by atoms with Crippen LogP contribution in [-0.4, -0.2) is 18.7 Å². The van der Waals surface area contributed by atoms with Crippen LogP contribution in [0.15, 0.2) is 42.5 Å². The van der Waals surface area contributed by atoms with Gasteiger partial charge in [0.15, 0.2) is 0 Å². The van der Waals surface area contributed by atoms with Crippen LogP contribution < -0.4 is 10.1 Å². The number of hydrogen-bond acceptors (Lipinski definition) is 3. The van der Waals surface area contributed by atoms with Crippen molar-refractivity contribution in [3.05, 3.63) is 59.2 Å². The lowest BCUT2D eigenvalue weighted by Gasteiger charge is -2.13. The van der Waals surface area contributed by atoms with Gasteiger partial charge >= 0.3 is 0 Å². The SMILES string of the molecule is CNCC(O)c1ccc(Oc2cccc(C)c2C)cc1. The van der Waals surface area contributed by atoms with E-state index in [1.165, 1.54) is 5.56 Å². The zero-order valence-electron chi connectivity index (χ0n) is 12.2. The van der Waals surface area contributed by atoms with Gasteiger partial charge in [-0.2, -0.15) is 0 Å². The van der Waals surface area contributed by atoms with Crippen molar-refractivity contribution >= 4 is 0 Å². The molecule has 0 heterocycles. The Kier molecular flexibility index (Phi) is 4.77. The van der Waals surface area contributed by atoms with E-state index in [0.717, 1.165) is 22.6 Å². The number of rotatable bonds is 5. The number of aryl methyl sites for hydroxylation is 1. The van der Waals surface area contributed by atoms with Crippen LogP contribution >= 0.6 is 0 Å². The van der Waals surface area contributed by atoms with Gasteiger partial charge in [-0.1, -0.05) is 24.3 Å². The van der Waals surface area contributed by atoms with Gasteiger partial charge in [-0.3, -0.25) is 0 Å². The van der Waals surface area contributed by atoms with E-state index in [4.69, 9.17) is 4.74 Å². The molecule has 0 aromatic heterocycles. The lowest BCUT2D eigenvalue weighted by Crippen LogP contribution is -2.16. The Balaban J connectivity index is 2.13. The van der Waals surface area contributed by atoms with Crippen LogP contribution in [0.5, 0.6) is 11.5 Å². The summed E-state index contributed by atoms with van der Waals surface area (Å²) in [5, 5.41) is 12.8. The van der Waals surface area contributed by atoms with Crippen molar-refractivity contribution in [2.75, 3.05) is 13.6 Å². The fourth-order valence-electron chi connectivity index (χ4n) is 2.03. The number of aliphatic hydroxyl groups is 1. The highest BCUT2D eigenvalue weighted by Gasteiger charge is 2.07. The Hall–Kier alpha value is -1.84. The first kappa shape index (κ1) is 14.6. The van der Waals surface area contributed by atoms with E-state index in [9.17, 15) is 5.11 Å². The predicted octanol–water partition coefficient (Wildman–Crippen LogP) is 3.35. The molecule has 0 aliphatic rings. The van der Waals surface area contributed by atoms with E-state index in [2.05, 4.69) is 25.2 Å². The van der Waals surface area contributed by atoms with Crippen LogP contribution in [0.2, 0.25) is 0 Å². The van der Waals surface area contributed by atoms with Crippen LogP contribution in [0.3, 0.4) is 0 Å². The van der Waals surface area contributed by atoms with Gasteiger partial charge in [0, 0.05) is 6.54 Å². The molecule has 2 rings (SSSR count). The van der Waals surface area contributed by atoms with Crippen molar-refractivity contribution in [3.63, 3.8) is 0 Å². The van der Waals surface area contributed by atoms with Crippen molar-refractivity contribution in [2.24, 2.45) is 0 Å². The topological polar surface area (TPSA) is 41.5 Å². The Bertz CT molecular complexity index is 564. The second kappa shape index (κ2) is 6.55. The molecule has 0 saturated carbocycles. The summed E-state index contributed by atoms with van der Waals surface area (Å²) >= 11 is 0. The average molecular weight is 271 g/mol. The molecule has 0 saturated heterocycles. The zero-order chi connectivity index (χ0) is 14.5. The molecule has 1 unspecified atom stereocenters. The third-order valence-electron chi connectivity index (χ3n) is 3.45.